The molecule has 1 aliphatic heterocycles. The second-order valence-electron chi connectivity index (χ2n) is 5.57. The van der Waals surface area contributed by atoms with Crippen molar-refractivity contribution in [1.82, 2.24) is 14.9 Å². The zero-order valence-corrected chi connectivity index (χ0v) is 13.4. The first-order valence-corrected chi connectivity index (χ1v) is 7.85. The van der Waals surface area contributed by atoms with Gasteiger partial charge in [-0.3, -0.25) is 9.78 Å². The highest BCUT2D eigenvalue weighted by Gasteiger charge is 2.31. The number of hydrogen-bond acceptors (Lipinski definition) is 5. The van der Waals surface area contributed by atoms with E-state index in [0.29, 0.717) is 18.1 Å². The highest BCUT2D eigenvalue weighted by Crippen LogP contribution is 2.31. The molecule has 2 heterocycles. The van der Waals surface area contributed by atoms with Crippen LogP contribution >= 0.6 is 0 Å². The molecule has 1 N–H and O–H groups in total. The highest BCUT2D eigenvalue weighted by molar-refractivity contribution is 5.78. The SMILES string of the molecule is CNc1cncc([C@@H]2CCCN2C(=O)COc2cccc(F)c2)n1. The summed E-state index contributed by atoms with van der Waals surface area (Å²) in [5.74, 6) is 0.482. The molecule has 1 saturated heterocycles. The van der Waals surface area contributed by atoms with Crippen molar-refractivity contribution in [2.75, 3.05) is 25.5 Å². The molecule has 6 nitrogen and oxygen atoms in total. The number of carbonyl (C=O) groups excluding carboxylic acids is 1. The van der Waals surface area contributed by atoms with Crippen molar-refractivity contribution in [3.05, 3.63) is 48.2 Å². The van der Waals surface area contributed by atoms with Gasteiger partial charge < -0.3 is 15.0 Å². The molecule has 0 radical (unpaired) electrons. The van der Waals surface area contributed by atoms with E-state index in [-0.39, 0.29) is 18.6 Å². The van der Waals surface area contributed by atoms with Crippen molar-refractivity contribution in [2.45, 2.75) is 18.9 Å². The van der Waals surface area contributed by atoms with E-state index in [4.69, 9.17) is 4.74 Å². The number of hydrogen-bond donors (Lipinski definition) is 1. The van der Waals surface area contributed by atoms with Gasteiger partial charge in [0.05, 0.1) is 24.1 Å². The Morgan fingerprint density at radius 1 is 1.46 bits per heavy atom. The first-order valence-electron chi connectivity index (χ1n) is 7.85. The van der Waals surface area contributed by atoms with Gasteiger partial charge in [0.15, 0.2) is 6.61 Å². The van der Waals surface area contributed by atoms with Crippen LogP contribution in [0.1, 0.15) is 24.6 Å². The Morgan fingerprint density at radius 2 is 2.33 bits per heavy atom. The van der Waals surface area contributed by atoms with Crippen LogP contribution in [-0.4, -0.2) is 41.0 Å². The average molecular weight is 330 g/mol. The standard InChI is InChI=1S/C17H19FN4O2/c1-19-16-10-20-9-14(21-16)15-6-3-7-22(15)17(23)11-24-13-5-2-4-12(18)8-13/h2,4-5,8-10,15H,3,6-7,11H2,1H3,(H,19,21)/t15-/m0/s1. The maximum Gasteiger partial charge on any atom is 0.261 e. The van der Waals surface area contributed by atoms with Gasteiger partial charge in [-0.05, 0) is 25.0 Å². The molecular weight excluding hydrogens is 311 g/mol. The van der Waals surface area contributed by atoms with Crippen LogP contribution in [0.3, 0.4) is 0 Å². The predicted molar refractivity (Wildman–Crippen MR) is 87.2 cm³/mol. The lowest BCUT2D eigenvalue weighted by Crippen LogP contribution is -2.34. The molecule has 1 aliphatic rings. The van der Waals surface area contributed by atoms with E-state index < -0.39 is 5.82 Å². The third-order valence-electron chi connectivity index (χ3n) is 3.98. The zero-order chi connectivity index (χ0) is 16.9. The summed E-state index contributed by atoms with van der Waals surface area (Å²) in [4.78, 5) is 22.9. The second-order valence-corrected chi connectivity index (χ2v) is 5.57. The Labute approximate surface area is 139 Å². The fraction of sp³-hybridized carbons (Fsp3) is 0.353. The van der Waals surface area contributed by atoms with Gasteiger partial charge in [0.2, 0.25) is 0 Å². The number of amides is 1. The van der Waals surface area contributed by atoms with Gasteiger partial charge in [-0.25, -0.2) is 9.37 Å². The van der Waals surface area contributed by atoms with Crippen molar-refractivity contribution >= 4 is 11.7 Å². The molecule has 0 aliphatic carbocycles. The molecule has 1 fully saturated rings. The van der Waals surface area contributed by atoms with E-state index in [0.717, 1.165) is 18.5 Å². The number of carbonyl (C=O) groups is 1. The largest absolute Gasteiger partial charge is 0.484 e. The van der Waals surface area contributed by atoms with Crippen LogP contribution in [0.25, 0.3) is 0 Å². The van der Waals surface area contributed by atoms with E-state index in [9.17, 15) is 9.18 Å². The monoisotopic (exact) mass is 330 g/mol. The molecule has 0 unspecified atom stereocenters. The Kier molecular flexibility index (Phi) is 4.88. The van der Waals surface area contributed by atoms with Crippen LogP contribution < -0.4 is 10.1 Å². The topological polar surface area (TPSA) is 67.4 Å². The van der Waals surface area contributed by atoms with Gasteiger partial charge in [0.25, 0.3) is 5.91 Å². The Bertz CT molecular complexity index is 725. The fourth-order valence-corrected chi connectivity index (χ4v) is 2.82. The summed E-state index contributed by atoms with van der Waals surface area (Å²) in [6, 6.07) is 5.66. The minimum atomic E-state index is -0.391. The average Bonchev–Trinajstić information content (AvgIpc) is 3.09. The number of benzene rings is 1. The lowest BCUT2D eigenvalue weighted by molar-refractivity contribution is -0.134. The molecule has 1 amide bonds. The summed E-state index contributed by atoms with van der Waals surface area (Å²) < 4.78 is 18.6. The third-order valence-corrected chi connectivity index (χ3v) is 3.98. The van der Waals surface area contributed by atoms with Crippen LogP contribution in [0.4, 0.5) is 10.2 Å². The lowest BCUT2D eigenvalue weighted by Gasteiger charge is -2.24. The third kappa shape index (κ3) is 3.61. The maximum atomic E-state index is 13.2. The van der Waals surface area contributed by atoms with Crippen molar-refractivity contribution < 1.29 is 13.9 Å². The van der Waals surface area contributed by atoms with E-state index in [2.05, 4.69) is 15.3 Å². The molecule has 3 rings (SSSR count). The van der Waals surface area contributed by atoms with Crippen molar-refractivity contribution in [1.29, 1.82) is 0 Å². The molecule has 2 aromatic rings. The number of nitrogens with one attached hydrogen (secondary N) is 1. The molecule has 24 heavy (non-hydrogen) atoms. The molecule has 7 heteroatoms. The summed E-state index contributed by atoms with van der Waals surface area (Å²) in [6.45, 7) is 0.528. The Morgan fingerprint density at radius 3 is 3.12 bits per heavy atom. The summed E-state index contributed by atoms with van der Waals surface area (Å²) in [5, 5.41) is 2.95. The number of ether oxygens (including phenoxy) is 1. The number of aromatic nitrogens is 2. The molecular formula is C17H19FN4O2. The number of halogens is 1. The minimum absolute atomic E-state index is 0.102. The number of likely N-dealkylation sites (tertiary alicyclic amines) is 1. The molecule has 1 atom stereocenters. The molecule has 0 bridgehead atoms. The second kappa shape index (κ2) is 7.25. The zero-order valence-electron chi connectivity index (χ0n) is 13.4. The minimum Gasteiger partial charge on any atom is -0.484 e. The van der Waals surface area contributed by atoms with Gasteiger partial charge in [0, 0.05) is 19.7 Å². The van der Waals surface area contributed by atoms with Crippen LogP contribution in [0.15, 0.2) is 36.7 Å². The quantitative estimate of drug-likeness (QED) is 0.912. The van der Waals surface area contributed by atoms with Crippen LogP contribution in [0.5, 0.6) is 5.75 Å². The smallest absolute Gasteiger partial charge is 0.261 e. The van der Waals surface area contributed by atoms with Crippen molar-refractivity contribution in [2.24, 2.45) is 0 Å². The summed E-state index contributed by atoms with van der Waals surface area (Å²) >= 11 is 0. The Balaban J connectivity index is 1.67. The van der Waals surface area contributed by atoms with Gasteiger partial charge in [-0.2, -0.15) is 0 Å². The first kappa shape index (κ1) is 16.2. The molecule has 0 spiro atoms. The van der Waals surface area contributed by atoms with E-state index in [1.807, 2.05) is 0 Å². The van der Waals surface area contributed by atoms with E-state index in [1.165, 1.54) is 12.1 Å². The van der Waals surface area contributed by atoms with Crippen LogP contribution in [0, 0.1) is 5.82 Å². The van der Waals surface area contributed by atoms with Crippen LogP contribution in [-0.2, 0) is 4.79 Å². The fourth-order valence-electron chi connectivity index (χ4n) is 2.82. The maximum absolute atomic E-state index is 13.2. The molecule has 1 aromatic carbocycles. The van der Waals surface area contributed by atoms with E-state index >= 15 is 0 Å². The van der Waals surface area contributed by atoms with Crippen LogP contribution in [0.2, 0.25) is 0 Å². The lowest BCUT2D eigenvalue weighted by atomic mass is 10.1. The van der Waals surface area contributed by atoms with Gasteiger partial charge in [0.1, 0.15) is 17.4 Å². The van der Waals surface area contributed by atoms with Gasteiger partial charge >= 0.3 is 0 Å². The summed E-state index contributed by atoms with van der Waals surface area (Å²) in [7, 11) is 1.78. The number of rotatable bonds is 5. The summed E-state index contributed by atoms with van der Waals surface area (Å²) in [5.41, 5.74) is 0.762. The molecule has 0 saturated carbocycles. The highest BCUT2D eigenvalue weighted by atomic mass is 19.1. The summed E-state index contributed by atoms with van der Waals surface area (Å²) in [6.07, 6.45) is 5.07. The van der Waals surface area contributed by atoms with Gasteiger partial charge in [-0.15, -0.1) is 0 Å². The van der Waals surface area contributed by atoms with E-state index in [1.54, 1.807) is 36.5 Å². The first-order chi connectivity index (χ1) is 11.7. The number of nitrogens with zero attached hydrogens (tertiary/aromatic N) is 3. The van der Waals surface area contributed by atoms with Crippen molar-refractivity contribution in [3.63, 3.8) is 0 Å². The molecule has 1 aromatic heterocycles. The normalized spacial score (nSPS) is 16.9. The molecule has 126 valence electrons. The van der Waals surface area contributed by atoms with Crippen molar-refractivity contribution in [3.8, 4) is 5.75 Å². The number of anilines is 1. The Hall–Kier alpha value is -2.70. The predicted octanol–water partition coefficient (Wildman–Crippen LogP) is 2.40. The van der Waals surface area contributed by atoms with Gasteiger partial charge in [-0.1, -0.05) is 6.07 Å².